The Balaban J connectivity index is 2.09. The van der Waals surface area contributed by atoms with Gasteiger partial charge in [-0.1, -0.05) is 35.0 Å². The second-order valence-electron chi connectivity index (χ2n) is 5.51. The molecule has 6 heteroatoms. The van der Waals surface area contributed by atoms with Gasteiger partial charge >= 0.3 is 0 Å². The van der Waals surface area contributed by atoms with Crippen LogP contribution in [0, 0.1) is 0 Å². The van der Waals surface area contributed by atoms with E-state index in [1.54, 1.807) is 4.31 Å². The summed E-state index contributed by atoms with van der Waals surface area (Å²) in [5.74, 6) is 0.195. The van der Waals surface area contributed by atoms with Crippen LogP contribution >= 0.6 is 15.9 Å². The average Bonchev–Trinajstić information content (AvgIpc) is 2.95. The Morgan fingerprint density at radius 3 is 2.59 bits per heavy atom. The van der Waals surface area contributed by atoms with E-state index in [1.807, 2.05) is 49.5 Å². The van der Waals surface area contributed by atoms with E-state index in [1.165, 1.54) is 0 Å². The summed E-state index contributed by atoms with van der Waals surface area (Å²) < 4.78 is 30.1. The lowest BCUT2D eigenvalue weighted by Crippen LogP contribution is -2.43. The Labute approximate surface area is 139 Å². The second kappa shape index (κ2) is 6.18. The van der Waals surface area contributed by atoms with Crippen molar-refractivity contribution in [3.05, 3.63) is 58.3 Å². The lowest BCUT2D eigenvalue weighted by molar-refractivity contribution is 0.298. The van der Waals surface area contributed by atoms with Gasteiger partial charge in [-0.15, -0.1) is 0 Å². The first-order valence-corrected chi connectivity index (χ1v) is 9.83. The first kappa shape index (κ1) is 15.8. The molecule has 1 unspecified atom stereocenters. The van der Waals surface area contributed by atoms with E-state index in [2.05, 4.69) is 20.5 Å². The van der Waals surface area contributed by atoms with Crippen molar-refractivity contribution in [3.63, 3.8) is 0 Å². The Morgan fingerprint density at radius 2 is 1.91 bits per heavy atom. The van der Waals surface area contributed by atoms with Crippen molar-refractivity contribution < 1.29 is 8.42 Å². The van der Waals surface area contributed by atoms with Crippen molar-refractivity contribution in [1.82, 2.24) is 8.87 Å². The zero-order chi connectivity index (χ0) is 15.7. The molecule has 2 aromatic rings. The minimum absolute atomic E-state index is 0.195. The van der Waals surface area contributed by atoms with Gasteiger partial charge in [0.25, 0.3) is 0 Å². The molecule has 0 N–H and O–H groups in total. The van der Waals surface area contributed by atoms with Gasteiger partial charge in [0.05, 0.1) is 11.8 Å². The summed E-state index contributed by atoms with van der Waals surface area (Å²) in [6.45, 7) is 3.13. The van der Waals surface area contributed by atoms with Gasteiger partial charge in [-0.3, -0.25) is 0 Å². The first-order valence-electron chi connectivity index (χ1n) is 7.43. The molecule has 1 aromatic carbocycles. The fourth-order valence-electron chi connectivity index (χ4n) is 3.02. The number of hydrogen-bond donors (Lipinski definition) is 0. The number of sulfonamides is 1. The minimum Gasteiger partial charge on any atom is -0.348 e. The molecule has 22 heavy (non-hydrogen) atoms. The number of nitrogens with zero attached hydrogens (tertiary/aromatic N) is 2. The van der Waals surface area contributed by atoms with Crippen LogP contribution in [-0.2, 0) is 16.6 Å². The smallest absolute Gasteiger partial charge is 0.215 e. The molecule has 0 radical (unpaired) electrons. The normalized spacial score (nSPS) is 19.1. The monoisotopic (exact) mass is 382 g/mol. The van der Waals surface area contributed by atoms with Gasteiger partial charge in [0, 0.05) is 29.5 Å². The molecule has 0 spiro atoms. The number of benzene rings is 1. The molecule has 0 aliphatic carbocycles. The van der Waals surface area contributed by atoms with Crippen molar-refractivity contribution in [2.24, 2.45) is 0 Å². The van der Waals surface area contributed by atoms with Crippen LogP contribution in [0.1, 0.15) is 30.6 Å². The highest BCUT2D eigenvalue weighted by atomic mass is 79.9. The molecule has 0 saturated heterocycles. The predicted octanol–water partition coefficient (Wildman–Crippen LogP) is 3.40. The van der Waals surface area contributed by atoms with Crippen LogP contribution in [-0.4, -0.2) is 29.6 Å². The number of aromatic nitrogens is 1. The molecule has 0 bridgehead atoms. The standard InChI is InChI=1S/C16H19BrN2O2S/c1-2-12-22(20,21)19-11-10-18-9-3-4-15(18)16(19)13-5-7-14(17)8-6-13/h3-9,16H,2,10-12H2,1H3. The zero-order valence-corrected chi connectivity index (χ0v) is 14.8. The number of hydrogen-bond acceptors (Lipinski definition) is 2. The predicted molar refractivity (Wildman–Crippen MR) is 91.2 cm³/mol. The van der Waals surface area contributed by atoms with Gasteiger partial charge in [-0.2, -0.15) is 4.31 Å². The maximum atomic E-state index is 12.7. The van der Waals surface area contributed by atoms with E-state index in [9.17, 15) is 8.42 Å². The maximum absolute atomic E-state index is 12.7. The summed E-state index contributed by atoms with van der Waals surface area (Å²) in [6.07, 6.45) is 2.65. The largest absolute Gasteiger partial charge is 0.348 e. The third-order valence-electron chi connectivity index (χ3n) is 4.00. The fourth-order valence-corrected chi connectivity index (χ4v) is 4.94. The van der Waals surface area contributed by atoms with Crippen LogP contribution in [0.4, 0.5) is 0 Å². The van der Waals surface area contributed by atoms with Crippen molar-refractivity contribution in [1.29, 1.82) is 0 Å². The van der Waals surface area contributed by atoms with Crippen LogP contribution in [0.3, 0.4) is 0 Å². The van der Waals surface area contributed by atoms with Gasteiger partial charge in [0.15, 0.2) is 0 Å². The van der Waals surface area contributed by atoms with Crippen molar-refractivity contribution in [3.8, 4) is 0 Å². The topological polar surface area (TPSA) is 42.3 Å². The quantitative estimate of drug-likeness (QED) is 0.812. The van der Waals surface area contributed by atoms with E-state index in [0.29, 0.717) is 19.5 Å². The lowest BCUT2D eigenvalue weighted by atomic mass is 10.0. The van der Waals surface area contributed by atoms with Gasteiger partial charge < -0.3 is 4.57 Å². The molecule has 2 heterocycles. The summed E-state index contributed by atoms with van der Waals surface area (Å²) in [5, 5.41) is 0. The Bertz CT molecular complexity index is 753. The molecular weight excluding hydrogens is 364 g/mol. The number of fused-ring (bicyclic) bond motifs is 1. The Morgan fingerprint density at radius 1 is 1.18 bits per heavy atom. The van der Waals surface area contributed by atoms with Gasteiger partial charge in [-0.05, 0) is 36.2 Å². The van der Waals surface area contributed by atoms with Gasteiger partial charge in [-0.25, -0.2) is 8.42 Å². The Kier molecular flexibility index (Phi) is 4.43. The minimum atomic E-state index is -3.25. The summed E-state index contributed by atoms with van der Waals surface area (Å²) >= 11 is 3.44. The highest BCUT2D eigenvalue weighted by Gasteiger charge is 2.35. The van der Waals surface area contributed by atoms with Crippen LogP contribution < -0.4 is 0 Å². The summed E-state index contributed by atoms with van der Waals surface area (Å²) in [4.78, 5) is 0. The maximum Gasteiger partial charge on any atom is 0.215 e. The van der Waals surface area contributed by atoms with E-state index in [-0.39, 0.29) is 11.8 Å². The van der Waals surface area contributed by atoms with Gasteiger partial charge in [0.1, 0.15) is 0 Å². The highest BCUT2D eigenvalue weighted by Crippen LogP contribution is 2.35. The molecular formula is C16H19BrN2O2S. The molecule has 1 aliphatic rings. The number of halogens is 1. The third-order valence-corrected chi connectivity index (χ3v) is 6.56. The van der Waals surface area contributed by atoms with Crippen LogP contribution in [0.25, 0.3) is 0 Å². The molecule has 0 saturated carbocycles. The van der Waals surface area contributed by atoms with E-state index >= 15 is 0 Å². The summed E-state index contributed by atoms with van der Waals surface area (Å²) in [5.41, 5.74) is 2.04. The molecule has 1 aliphatic heterocycles. The molecule has 4 nitrogen and oxygen atoms in total. The Hall–Kier alpha value is -1.11. The fraction of sp³-hybridized carbons (Fsp3) is 0.375. The van der Waals surface area contributed by atoms with Crippen molar-refractivity contribution in [2.75, 3.05) is 12.3 Å². The number of rotatable bonds is 4. The van der Waals surface area contributed by atoms with Crippen LogP contribution in [0.15, 0.2) is 47.1 Å². The van der Waals surface area contributed by atoms with Gasteiger partial charge in [0.2, 0.25) is 10.0 Å². The lowest BCUT2D eigenvalue weighted by Gasteiger charge is -2.36. The van der Waals surface area contributed by atoms with Crippen LogP contribution in [0.5, 0.6) is 0 Å². The SMILES string of the molecule is CCCS(=O)(=O)N1CCn2cccc2C1c1ccc(Br)cc1. The highest BCUT2D eigenvalue weighted by molar-refractivity contribution is 9.10. The summed E-state index contributed by atoms with van der Waals surface area (Å²) in [6, 6.07) is 11.7. The molecule has 1 atom stereocenters. The first-order chi connectivity index (χ1) is 10.5. The molecule has 118 valence electrons. The molecule has 0 fully saturated rings. The average molecular weight is 383 g/mol. The van der Waals surface area contributed by atoms with Crippen molar-refractivity contribution >= 4 is 26.0 Å². The second-order valence-corrected chi connectivity index (χ2v) is 8.46. The van der Waals surface area contributed by atoms with Crippen molar-refractivity contribution in [2.45, 2.75) is 25.9 Å². The van der Waals surface area contributed by atoms with E-state index in [0.717, 1.165) is 15.7 Å². The third kappa shape index (κ3) is 2.87. The summed E-state index contributed by atoms with van der Waals surface area (Å²) in [7, 11) is -3.25. The zero-order valence-electron chi connectivity index (χ0n) is 12.4. The van der Waals surface area contributed by atoms with E-state index in [4.69, 9.17) is 0 Å². The molecule has 1 aromatic heterocycles. The van der Waals surface area contributed by atoms with Crippen LogP contribution in [0.2, 0.25) is 0 Å². The molecule has 3 rings (SSSR count). The molecule has 0 amide bonds. The van der Waals surface area contributed by atoms with E-state index < -0.39 is 10.0 Å².